The maximum Gasteiger partial charge on any atom is 0.163 e. The van der Waals surface area contributed by atoms with E-state index in [1.807, 2.05) is 44.3 Å². The molecule has 94 valence electrons. The van der Waals surface area contributed by atoms with Gasteiger partial charge >= 0.3 is 0 Å². The first-order valence-electron chi connectivity index (χ1n) is 5.87. The molecule has 1 aromatic heterocycles. The van der Waals surface area contributed by atoms with Crippen LogP contribution in [0.15, 0.2) is 30.5 Å². The molecule has 2 aromatic rings. The Morgan fingerprint density at radius 1 is 1.28 bits per heavy atom. The van der Waals surface area contributed by atoms with Gasteiger partial charge in [0.05, 0.1) is 12.2 Å². The summed E-state index contributed by atoms with van der Waals surface area (Å²) in [5.41, 5.74) is 3.03. The molecule has 0 bridgehead atoms. The van der Waals surface area contributed by atoms with Crippen LogP contribution in [0.1, 0.15) is 18.2 Å². The highest BCUT2D eigenvalue weighted by molar-refractivity contribution is 9.08. The van der Waals surface area contributed by atoms with E-state index in [9.17, 15) is 0 Å². The van der Waals surface area contributed by atoms with Gasteiger partial charge in [-0.05, 0) is 26.0 Å². The summed E-state index contributed by atoms with van der Waals surface area (Å²) < 4.78 is 5.60. The largest absolute Gasteiger partial charge is 0.493 e. The molecule has 0 saturated carbocycles. The molecule has 0 radical (unpaired) electrons. The number of para-hydroxylation sites is 1. The molecule has 0 fully saturated rings. The van der Waals surface area contributed by atoms with Crippen molar-refractivity contribution in [3.8, 4) is 17.1 Å². The zero-order valence-electron chi connectivity index (χ0n) is 10.5. The van der Waals surface area contributed by atoms with Crippen molar-refractivity contribution in [3.05, 3.63) is 41.7 Å². The standard InChI is InChI=1S/C14H15BrN2O/c1-3-18-13-7-5-4-6-12(13)14-16-9-11(8-15)10(2)17-14/h4-7,9H,3,8H2,1-2H3. The topological polar surface area (TPSA) is 35.0 Å². The van der Waals surface area contributed by atoms with Crippen molar-refractivity contribution >= 4 is 15.9 Å². The number of nitrogens with zero attached hydrogens (tertiary/aromatic N) is 2. The lowest BCUT2D eigenvalue weighted by molar-refractivity contribution is 0.341. The van der Waals surface area contributed by atoms with Crippen LogP contribution in [0.5, 0.6) is 5.75 Å². The zero-order chi connectivity index (χ0) is 13.0. The van der Waals surface area contributed by atoms with Gasteiger partial charge in [0.15, 0.2) is 5.82 Å². The highest BCUT2D eigenvalue weighted by Crippen LogP contribution is 2.27. The monoisotopic (exact) mass is 306 g/mol. The fraction of sp³-hybridized carbons (Fsp3) is 0.286. The predicted molar refractivity (Wildman–Crippen MR) is 76.0 cm³/mol. The molecule has 0 aliphatic carbocycles. The molecule has 0 N–H and O–H groups in total. The lowest BCUT2D eigenvalue weighted by Crippen LogP contribution is -1.99. The van der Waals surface area contributed by atoms with Crippen molar-refractivity contribution in [2.24, 2.45) is 0 Å². The lowest BCUT2D eigenvalue weighted by Gasteiger charge is -2.10. The zero-order valence-corrected chi connectivity index (χ0v) is 12.1. The van der Waals surface area contributed by atoms with Crippen LogP contribution >= 0.6 is 15.9 Å². The van der Waals surface area contributed by atoms with E-state index in [4.69, 9.17) is 4.74 Å². The fourth-order valence-electron chi connectivity index (χ4n) is 1.69. The summed E-state index contributed by atoms with van der Waals surface area (Å²) in [5, 5.41) is 0.770. The Balaban J connectivity index is 2.45. The maximum atomic E-state index is 5.60. The third kappa shape index (κ3) is 2.70. The van der Waals surface area contributed by atoms with Gasteiger partial charge in [0.1, 0.15) is 5.75 Å². The van der Waals surface area contributed by atoms with Gasteiger partial charge in [-0.3, -0.25) is 0 Å². The Hall–Kier alpha value is -1.42. The average molecular weight is 307 g/mol. The first-order chi connectivity index (χ1) is 8.76. The first-order valence-corrected chi connectivity index (χ1v) is 6.99. The molecule has 1 heterocycles. The molecule has 4 heteroatoms. The summed E-state index contributed by atoms with van der Waals surface area (Å²) in [6.45, 7) is 4.59. The van der Waals surface area contributed by atoms with Gasteiger partial charge in [-0.15, -0.1) is 0 Å². The Labute approximate surface area is 115 Å². The minimum absolute atomic E-state index is 0.634. The second-order valence-electron chi connectivity index (χ2n) is 3.87. The predicted octanol–water partition coefficient (Wildman–Crippen LogP) is 3.75. The smallest absolute Gasteiger partial charge is 0.163 e. The molecular weight excluding hydrogens is 292 g/mol. The van der Waals surface area contributed by atoms with Crippen LogP contribution in [-0.4, -0.2) is 16.6 Å². The lowest BCUT2D eigenvalue weighted by atomic mass is 10.1. The van der Waals surface area contributed by atoms with Crippen molar-refractivity contribution in [1.29, 1.82) is 0 Å². The molecule has 0 unspecified atom stereocenters. The van der Waals surface area contributed by atoms with Crippen molar-refractivity contribution in [2.75, 3.05) is 6.61 Å². The summed E-state index contributed by atoms with van der Waals surface area (Å²) in [6, 6.07) is 7.84. The third-order valence-electron chi connectivity index (χ3n) is 2.65. The van der Waals surface area contributed by atoms with Crippen LogP contribution in [0.25, 0.3) is 11.4 Å². The van der Waals surface area contributed by atoms with Gasteiger partial charge in [-0.2, -0.15) is 0 Å². The summed E-state index contributed by atoms with van der Waals surface area (Å²) >= 11 is 3.42. The fourth-order valence-corrected chi connectivity index (χ4v) is 2.24. The van der Waals surface area contributed by atoms with Crippen molar-refractivity contribution in [3.63, 3.8) is 0 Å². The van der Waals surface area contributed by atoms with Gasteiger partial charge in [-0.25, -0.2) is 9.97 Å². The summed E-state index contributed by atoms with van der Waals surface area (Å²) in [4.78, 5) is 8.94. The van der Waals surface area contributed by atoms with E-state index in [1.165, 1.54) is 0 Å². The minimum atomic E-state index is 0.634. The van der Waals surface area contributed by atoms with Crippen molar-refractivity contribution in [2.45, 2.75) is 19.2 Å². The molecule has 3 nitrogen and oxygen atoms in total. The van der Waals surface area contributed by atoms with E-state index in [0.717, 1.165) is 27.9 Å². The van der Waals surface area contributed by atoms with E-state index in [0.29, 0.717) is 12.4 Å². The molecule has 0 saturated heterocycles. The number of rotatable bonds is 4. The van der Waals surface area contributed by atoms with Crippen LogP contribution in [0.2, 0.25) is 0 Å². The number of benzene rings is 1. The number of aromatic nitrogens is 2. The molecule has 0 spiro atoms. The SMILES string of the molecule is CCOc1ccccc1-c1ncc(CBr)c(C)n1. The van der Waals surface area contributed by atoms with E-state index < -0.39 is 0 Å². The van der Waals surface area contributed by atoms with Crippen LogP contribution in [0.3, 0.4) is 0 Å². The van der Waals surface area contributed by atoms with Crippen molar-refractivity contribution < 1.29 is 4.74 Å². The summed E-state index contributed by atoms with van der Waals surface area (Å²) in [7, 11) is 0. The van der Waals surface area contributed by atoms with Crippen molar-refractivity contribution in [1.82, 2.24) is 9.97 Å². The second kappa shape index (κ2) is 5.96. The van der Waals surface area contributed by atoms with E-state index >= 15 is 0 Å². The molecule has 0 atom stereocenters. The molecule has 0 aliphatic rings. The normalized spacial score (nSPS) is 10.4. The highest BCUT2D eigenvalue weighted by atomic mass is 79.9. The van der Waals surface area contributed by atoms with E-state index in [2.05, 4.69) is 25.9 Å². The Morgan fingerprint density at radius 3 is 2.72 bits per heavy atom. The average Bonchev–Trinajstić information content (AvgIpc) is 2.40. The van der Waals surface area contributed by atoms with Crippen LogP contribution in [0.4, 0.5) is 0 Å². The Morgan fingerprint density at radius 2 is 2.06 bits per heavy atom. The molecule has 0 aliphatic heterocycles. The Bertz CT molecular complexity index is 543. The molecule has 1 aromatic carbocycles. The quantitative estimate of drug-likeness (QED) is 0.807. The summed E-state index contributed by atoms with van der Waals surface area (Å²) in [6.07, 6.45) is 1.86. The van der Waals surface area contributed by atoms with Gasteiger partial charge in [0.2, 0.25) is 0 Å². The Kier molecular flexibility index (Phi) is 4.31. The van der Waals surface area contributed by atoms with Crippen LogP contribution in [-0.2, 0) is 5.33 Å². The van der Waals surface area contributed by atoms with Crippen LogP contribution < -0.4 is 4.74 Å². The molecule has 0 amide bonds. The number of hydrogen-bond acceptors (Lipinski definition) is 3. The van der Waals surface area contributed by atoms with E-state index in [1.54, 1.807) is 0 Å². The van der Waals surface area contributed by atoms with E-state index in [-0.39, 0.29) is 0 Å². The van der Waals surface area contributed by atoms with Gasteiger partial charge < -0.3 is 4.74 Å². The number of alkyl halides is 1. The molecule has 2 rings (SSSR count). The second-order valence-corrected chi connectivity index (χ2v) is 4.43. The highest BCUT2D eigenvalue weighted by Gasteiger charge is 2.09. The number of ether oxygens (including phenoxy) is 1. The minimum Gasteiger partial charge on any atom is -0.493 e. The maximum absolute atomic E-state index is 5.60. The number of aryl methyl sites for hydroxylation is 1. The third-order valence-corrected chi connectivity index (χ3v) is 3.26. The molecular formula is C14H15BrN2O. The number of halogens is 1. The first kappa shape index (κ1) is 13.0. The van der Waals surface area contributed by atoms with Gasteiger partial charge in [0, 0.05) is 22.8 Å². The summed E-state index contributed by atoms with van der Waals surface area (Å²) in [5.74, 6) is 1.53. The van der Waals surface area contributed by atoms with Gasteiger partial charge in [-0.1, -0.05) is 28.1 Å². The number of hydrogen-bond donors (Lipinski definition) is 0. The van der Waals surface area contributed by atoms with Crippen LogP contribution in [0, 0.1) is 6.92 Å². The molecule has 18 heavy (non-hydrogen) atoms. The van der Waals surface area contributed by atoms with Gasteiger partial charge in [0.25, 0.3) is 0 Å².